The first-order chi connectivity index (χ1) is 12.5. The summed E-state index contributed by atoms with van der Waals surface area (Å²) in [6.07, 6.45) is 14.9. The Kier molecular flexibility index (Phi) is 6.77. The molecule has 0 heterocycles. The first-order valence-corrected chi connectivity index (χ1v) is 11.0. The highest BCUT2D eigenvalue weighted by atomic mass is 19.1. The molecule has 0 aromatic heterocycles. The molecule has 3 rings (SSSR count). The molecule has 0 bridgehead atoms. The minimum atomic E-state index is -0.817. The monoisotopic (exact) mass is 360 g/mol. The summed E-state index contributed by atoms with van der Waals surface area (Å²) >= 11 is 0. The van der Waals surface area contributed by atoms with E-state index in [2.05, 4.69) is 6.92 Å². The van der Waals surface area contributed by atoms with Gasteiger partial charge in [-0.2, -0.15) is 0 Å². The summed E-state index contributed by atoms with van der Waals surface area (Å²) in [6, 6.07) is 5.27. The van der Waals surface area contributed by atoms with Crippen molar-refractivity contribution in [3.63, 3.8) is 0 Å². The molecule has 1 nitrogen and oxygen atoms in total. The number of aryl methyl sites for hydroxylation is 1. The van der Waals surface area contributed by atoms with Gasteiger partial charge in [-0.25, -0.2) is 4.39 Å². The van der Waals surface area contributed by atoms with Crippen molar-refractivity contribution in [1.82, 2.24) is 0 Å². The Hall–Kier alpha value is -0.890. The Morgan fingerprint density at radius 1 is 1.00 bits per heavy atom. The van der Waals surface area contributed by atoms with E-state index >= 15 is 0 Å². The molecule has 2 fully saturated rings. The summed E-state index contributed by atoms with van der Waals surface area (Å²) in [6.45, 7) is 4.06. The summed E-state index contributed by atoms with van der Waals surface area (Å²) in [4.78, 5) is 0. The van der Waals surface area contributed by atoms with Gasteiger partial charge in [-0.15, -0.1) is 0 Å². The second kappa shape index (κ2) is 8.87. The topological polar surface area (TPSA) is 20.2 Å². The van der Waals surface area contributed by atoms with Gasteiger partial charge in [0.15, 0.2) is 0 Å². The lowest BCUT2D eigenvalue weighted by Gasteiger charge is -2.41. The van der Waals surface area contributed by atoms with Crippen molar-refractivity contribution in [3.05, 3.63) is 35.1 Å². The largest absolute Gasteiger partial charge is 0.385 e. The minimum Gasteiger partial charge on any atom is -0.385 e. The molecule has 0 atom stereocenters. The molecule has 0 unspecified atom stereocenters. The average Bonchev–Trinajstić information content (AvgIpc) is 2.65. The van der Waals surface area contributed by atoms with Crippen LogP contribution < -0.4 is 0 Å². The van der Waals surface area contributed by atoms with Gasteiger partial charge in [0.1, 0.15) is 5.82 Å². The maximum absolute atomic E-state index is 13.9. The Labute approximate surface area is 159 Å². The Morgan fingerprint density at radius 2 is 1.65 bits per heavy atom. The van der Waals surface area contributed by atoms with Crippen molar-refractivity contribution in [2.24, 2.45) is 17.8 Å². The van der Waals surface area contributed by atoms with Crippen LogP contribution in [0, 0.1) is 30.5 Å². The van der Waals surface area contributed by atoms with Crippen molar-refractivity contribution in [1.29, 1.82) is 0 Å². The van der Waals surface area contributed by atoms with Crippen molar-refractivity contribution in [3.8, 4) is 0 Å². The van der Waals surface area contributed by atoms with Crippen molar-refractivity contribution >= 4 is 0 Å². The fourth-order valence-electron chi connectivity index (χ4n) is 5.39. The third kappa shape index (κ3) is 4.68. The molecule has 0 radical (unpaired) electrons. The van der Waals surface area contributed by atoms with E-state index in [-0.39, 0.29) is 5.82 Å². The van der Waals surface area contributed by atoms with E-state index in [0.717, 1.165) is 49.0 Å². The van der Waals surface area contributed by atoms with Crippen LogP contribution >= 0.6 is 0 Å². The molecule has 26 heavy (non-hydrogen) atoms. The van der Waals surface area contributed by atoms with Crippen LogP contribution in [-0.4, -0.2) is 5.11 Å². The van der Waals surface area contributed by atoms with Crippen LogP contribution in [0.4, 0.5) is 4.39 Å². The zero-order chi connectivity index (χ0) is 18.6. The molecule has 2 saturated carbocycles. The summed E-state index contributed by atoms with van der Waals surface area (Å²) in [7, 11) is 0. The predicted molar refractivity (Wildman–Crippen MR) is 107 cm³/mol. The van der Waals surface area contributed by atoms with Gasteiger partial charge in [-0.3, -0.25) is 0 Å². The first-order valence-electron chi connectivity index (χ1n) is 11.0. The SMILES string of the molecule is CCCCCC1CCC(C2CCC(O)(c3ccc(C)c(F)c3)CC2)CC1. The first kappa shape index (κ1) is 19.9. The summed E-state index contributed by atoms with van der Waals surface area (Å²) in [5.74, 6) is 2.40. The third-order valence-corrected chi connectivity index (χ3v) is 7.34. The normalized spacial score (nSPS) is 32.5. The number of benzene rings is 1. The van der Waals surface area contributed by atoms with Gasteiger partial charge < -0.3 is 5.11 Å². The average molecular weight is 361 g/mol. The molecule has 0 saturated heterocycles. The summed E-state index contributed by atoms with van der Waals surface area (Å²) in [5, 5.41) is 11.1. The van der Waals surface area contributed by atoms with Crippen LogP contribution in [0.1, 0.15) is 95.1 Å². The van der Waals surface area contributed by atoms with Gasteiger partial charge in [-0.1, -0.05) is 57.6 Å². The van der Waals surface area contributed by atoms with E-state index in [4.69, 9.17) is 0 Å². The smallest absolute Gasteiger partial charge is 0.126 e. The molecule has 0 spiro atoms. The van der Waals surface area contributed by atoms with Gasteiger partial charge in [0, 0.05) is 0 Å². The van der Waals surface area contributed by atoms with Gasteiger partial charge >= 0.3 is 0 Å². The molecule has 0 aliphatic heterocycles. The Morgan fingerprint density at radius 3 is 2.27 bits per heavy atom. The van der Waals surface area contributed by atoms with Gasteiger partial charge in [-0.05, 0) is 80.4 Å². The minimum absolute atomic E-state index is 0.195. The number of unbranched alkanes of at least 4 members (excludes halogenated alkanes) is 2. The fourth-order valence-corrected chi connectivity index (χ4v) is 5.39. The second-order valence-electron chi connectivity index (χ2n) is 9.11. The van der Waals surface area contributed by atoms with E-state index in [0.29, 0.717) is 5.56 Å². The Bertz CT molecular complexity index is 566. The maximum atomic E-state index is 13.9. The summed E-state index contributed by atoms with van der Waals surface area (Å²) < 4.78 is 13.9. The van der Waals surface area contributed by atoms with E-state index in [1.807, 2.05) is 6.07 Å². The maximum Gasteiger partial charge on any atom is 0.126 e. The molecule has 1 aromatic rings. The standard InChI is InChI=1S/C24H37FO/c1-3-4-5-6-19-8-10-20(11-9-19)21-13-15-24(26,16-14-21)22-12-7-18(2)23(25)17-22/h7,12,17,19-21,26H,3-6,8-11,13-16H2,1-2H3. The highest BCUT2D eigenvalue weighted by Crippen LogP contribution is 2.46. The van der Waals surface area contributed by atoms with Crippen molar-refractivity contribution < 1.29 is 9.50 Å². The van der Waals surface area contributed by atoms with Gasteiger partial charge in [0.25, 0.3) is 0 Å². The zero-order valence-electron chi connectivity index (χ0n) is 16.8. The number of rotatable bonds is 6. The predicted octanol–water partition coefficient (Wildman–Crippen LogP) is 6.90. The van der Waals surface area contributed by atoms with Crippen molar-refractivity contribution in [2.45, 2.75) is 96.5 Å². The molecule has 0 amide bonds. The highest BCUT2D eigenvalue weighted by molar-refractivity contribution is 5.28. The lowest BCUT2D eigenvalue weighted by atomic mass is 9.66. The molecule has 2 heteroatoms. The van der Waals surface area contributed by atoms with Crippen LogP contribution in [-0.2, 0) is 5.60 Å². The van der Waals surface area contributed by atoms with E-state index in [1.165, 1.54) is 51.4 Å². The number of halogens is 1. The number of aliphatic hydroxyl groups is 1. The highest BCUT2D eigenvalue weighted by Gasteiger charge is 2.38. The summed E-state index contributed by atoms with van der Waals surface area (Å²) in [5.41, 5.74) is 0.614. The molecule has 2 aliphatic rings. The van der Waals surface area contributed by atoms with Crippen LogP contribution in [0.25, 0.3) is 0 Å². The van der Waals surface area contributed by atoms with Crippen LogP contribution in [0.3, 0.4) is 0 Å². The Balaban J connectivity index is 1.49. The van der Waals surface area contributed by atoms with E-state index in [9.17, 15) is 9.50 Å². The lowest BCUT2D eigenvalue weighted by molar-refractivity contribution is -0.0263. The van der Waals surface area contributed by atoms with Crippen LogP contribution in [0.2, 0.25) is 0 Å². The van der Waals surface area contributed by atoms with Gasteiger partial charge in [0.05, 0.1) is 5.60 Å². The molecular formula is C24H37FO. The lowest BCUT2D eigenvalue weighted by Crippen LogP contribution is -2.34. The zero-order valence-corrected chi connectivity index (χ0v) is 16.8. The molecule has 1 aromatic carbocycles. The number of hydrogen-bond acceptors (Lipinski definition) is 1. The fraction of sp³-hybridized carbons (Fsp3) is 0.750. The molecular weight excluding hydrogens is 323 g/mol. The van der Waals surface area contributed by atoms with Crippen LogP contribution in [0.15, 0.2) is 18.2 Å². The van der Waals surface area contributed by atoms with E-state index in [1.54, 1.807) is 19.1 Å². The molecule has 146 valence electrons. The van der Waals surface area contributed by atoms with Crippen LogP contribution in [0.5, 0.6) is 0 Å². The molecule has 2 aliphatic carbocycles. The van der Waals surface area contributed by atoms with E-state index < -0.39 is 5.60 Å². The molecule has 1 N–H and O–H groups in total. The second-order valence-corrected chi connectivity index (χ2v) is 9.11. The van der Waals surface area contributed by atoms with Crippen molar-refractivity contribution in [2.75, 3.05) is 0 Å². The number of hydrogen-bond donors (Lipinski definition) is 1. The third-order valence-electron chi connectivity index (χ3n) is 7.34. The quantitative estimate of drug-likeness (QED) is 0.547. The van der Waals surface area contributed by atoms with Gasteiger partial charge in [0.2, 0.25) is 0 Å².